The normalized spacial score (nSPS) is 14.7. The van der Waals surface area contributed by atoms with Crippen LogP contribution in [0.4, 0.5) is 4.39 Å². The van der Waals surface area contributed by atoms with Crippen LogP contribution in [0.25, 0.3) is 11.3 Å². The van der Waals surface area contributed by atoms with E-state index < -0.39 is 9.84 Å². The van der Waals surface area contributed by atoms with Crippen molar-refractivity contribution in [3.8, 4) is 5.75 Å². The zero-order valence-electron chi connectivity index (χ0n) is 17.8. The number of thiocarbonyl (C=S) groups is 1. The first-order chi connectivity index (χ1) is 15.8. The van der Waals surface area contributed by atoms with Crippen molar-refractivity contribution in [2.45, 2.75) is 11.3 Å². The van der Waals surface area contributed by atoms with Crippen molar-refractivity contribution in [1.29, 1.82) is 0 Å². The number of hydrogen-bond acceptors (Lipinski definition) is 5. The summed E-state index contributed by atoms with van der Waals surface area (Å²) in [6, 6.07) is 20.7. The van der Waals surface area contributed by atoms with Crippen LogP contribution in [0.15, 0.2) is 90.0 Å². The maximum atomic E-state index is 13.4. The SMILES string of the molecule is CS(=O)(=O)c1ccc(C2=C(c3ccc(F)cc3)Cc3ccccc3O2)cc1.S=C1C=COC1. The summed E-state index contributed by atoms with van der Waals surface area (Å²) in [4.78, 5) is 1.14. The molecule has 0 aromatic heterocycles. The molecule has 0 N–H and O–H groups in total. The van der Waals surface area contributed by atoms with E-state index in [1.807, 2.05) is 24.3 Å². The summed E-state index contributed by atoms with van der Waals surface area (Å²) in [7, 11) is -3.27. The molecule has 0 spiro atoms. The van der Waals surface area contributed by atoms with Gasteiger partial charge in [-0.15, -0.1) is 0 Å². The number of para-hydroxylation sites is 1. The smallest absolute Gasteiger partial charge is 0.175 e. The minimum Gasteiger partial charge on any atom is -0.496 e. The number of halogens is 1. The summed E-state index contributed by atoms with van der Waals surface area (Å²) in [5.41, 5.74) is 3.62. The van der Waals surface area contributed by atoms with Crippen LogP contribution >= 0.6 is 12.2 Å². The van der Waals surface area contributed by atoms with E-state index in [2.05, 4.69) is 0 Å². The quantitative estimate of drug-likeness (QED) is 0.455. The molecule has 0 aliphatic carbocycles. The van der Waals surface area contributed by atoms with Crippen LogP contribution in [0.5, 0.6) is 5.75 Å². The van der Waals surface area contributed by atoms with Crippen molar-refractivity contribution >= 4 is 38.3 Å². The van der Waals surface area contributed by atoms with Gasteiger partial charge in [-0.2, -0.15) is 0 Å². The van der Waals surface area contributed by atoms with Crippen molar-refractivity contribution in [2.24, 2.45) is 0 Å². The van der Waals surface area contributed by atoms with E-state index in [4.69, 9.17) is 21.7 Å². The molecular formula is C26H21FO4S2. The number of benzene rings is 3. The Morgan fingerprint density at radius 1 is 0.909 bits per heavy atom. The molecule has 0 fully saturated rings. The molecule has 5 rings (SSSR count). The Kier molecular flexibility index (Phi) is 6.72. The Balaban J connectivity index is 0.000000376. The van der Waals surface area contributed by atoms with Gasteiger partial charge in [0.05, 0.1) is 16.0 Å². The molecule has 33 heavy (non-hydrogen) atoms. The number of sulfone groups is 1. The van der Waals surface area contributed by atoms with Gasteiger partial charge in [0.2, 0.25) is 0 Å². The third kappa shape index (κ3) is 5.56. The zero-order chi connectivity index (χ0) is 23.4. The van der Waals surface area contributed by atoms with Gasteiger partial charge in [0, 0.05) is 23.8 Å². The van der Waals surface area contributed by atoms with E-state index in [-0.39, 0.29) is 10.7 Å². The van der Waals surface area contributed by atoms with E-state index in [0.717, 1.165) is 32.9 Å². The lowest BCUT2D eigenvalue weighted by atomic mass is 9.92. The molecule has 0 saturated carbocycles. The third-order valence-electron chi connectivity index (χ3n) is 5.14. The maximum Gasteiger partial charge on any atom is 0.175 e. The van der Waals surface area contributed by atoms with Crippen LogP contribution in [0.1, 0.15) is 16.7 Å². The van der Waals surface area contributed by atoms with Gasteiger partial charge in [-0.05, 0) is 59.7 Å². The minimum absolute atomic E-state index is 0.256. The lowest BCUT2D eigenvalue weighted by molar-refractivity contribution is 0.317. The van der Waals surface area contributed by atoms with Gasteiger partial charge in [0.15, 0.2) is 9.84 Å². The second kappa shape index (κ2) is 9.68. The fraction of sp³-hybridized carbons (Fsp3) is 0.115. The molecule has 168 valence electrons. The van der Waals surface area contributed by atoms with Gasteiger partial charge in [0.1, 0.15) is 23.9 Å². The Hall–Kier alpha value is -3.29. The molecule has 0 bridgehead atoms. The Labute approximate surface area is 197 Å². The second-order valence-electron chi connectivity index (χ2n) is 7.58. The topological polar surface area (TPSA) is 52.6 Å². The number of ether oxygens (including phenoxy) is 2. The highest BCUT2D eigenvalue weighted by molar-refractivity contribution is 7.90. The second-order valence-corrected chi connectivity index (χ2v) is 10.1. The van der Waals surface area contributed by atoms with E-state index in [0.29, 0.717) is 18.8 Å². The molecule has 0 amide bonds. The molecule has 2 aliphatic heterocycles. The van der Waals surface area contributed by atoms with Crippen LogP contribution in [0.2, 0.25) is 0 Å². The van der Waals surface area contributed by atoms with Crippen molar-refractivity contribution in [3.05, 3.63) is 108 Å². The van der Waals surface area contributed by atoms with E-state index in [9.17, 15) is 12.8 Å². The van der Waals surface area contributed by atoms with Crippen LogP contribution in [-0.2, 0) is 21.0 Å². The number of fused-ring (bicyclic) bond motifs is 1. The summed E-state index contributed by atoms with van der Waals surface area (Å²) >= 11 is 4.71. The summed E-state index contributed by atoms with van der Waals surface area (Å²) in [6.45, 7) is 0.606. The number of hydrogen-bond donors (Lipinski definition) is 0. The summed E-state index contributed by atoms with van der Waals surface area (Å²) in [5, 5.41) is 0. The molecule has 4 nitrogen and oxygen atoms in total. The highest BCUT2D eigenvalue weighted by Crippen LogP contribution is 2.39. The van der Waals surface area contributed by atoms with Crippen LogP contribution in [0.3, 0.4) is 0 Å². The lowest BCUT2D eigenvalue weighted by Crippen LogP contribution is -2.09. The fourth-order valence-electron chi connectivity index (χ4n) is 3.46. The lowest BCUT2D eigenvalue weighted by Gasteiger charge is -2.24. The van der Waals surface area contributed by atoms with Gasteiger partial charge in [-0.3, -0.25) is 0 Å². The molecule has 2 heterocycles. The van der Waals surface area contributed by atoms with Crippen LogP contribution < -0.4 is 4.74 Å². The first kappa shape index (κ1) is 22.9. The van der Waals surface area contributed by atoms with Crippen molar-refractivity contribution < 1.29 is 22.3 Å². The molecule has 3 aromatic rings. The van der Waals surface area contributed by atoms with E-state index in [1.165, 1.54) is 18.4 Å². The summed E-state index contributed by atoms with van der Waals surface area (Å²) in [5.74, 6) is 1.13. The maximum absolute atomic E-state index is 13.4. The van der Waals surface area contributed by atoms with Crippen molar-refractivity contribution in [3.63, 3.8) is 0 Å². The van der Waals surface area contributed by atoms with Gasteiger partial charge in [-0.1, -0.05) is 42.5 Å². The average molecular weight is 481 g/mol. The van der Waals surface area contributed by atoms with E-state index in [1.54, 1.807) is 48.7 Å². The Bertz CT molecular complexity index is 1340. The third-order valence-corrected chi connectivity index (χ3v) is 6.52. The minimum atomic E-state index is -3.27. The van der Waals surface area contributed by atoms with Gasteiger partial charge >= 0.3 is 0 Å². The molecule has 0 unspecified atom stereocenters. The Morgan fingerprint density at radius 2 is 1.58 bits per heavy atom. The van der Waals surface area contributed by atoms with Crippen LogP contribution in [-0.4, -0.2) is 26.1 Å². The van der Waals surface area contributed by atoms with E-state index >= 15 is 0 Å². The average Bonchev–Trinajstić information content (AvgIpc) is 3.29. The fourth-order valence-corrected chi connectivity index (χ4v) is 4.22. The molecule has 2 aliphatic rings. The molecule has 0 atom stereocenters. The zero-order valence-corrected chi connectivity index (χ0v) is 19.5. The molecular weight excluding hydrogens is 459 g/mol. The first-order valence-corrected chi connectivity index (χ1v) is 12.5. The van der Waals surface area contributed by atoms with Gasteiger partial charge < -0.3 is 9.47 Å². The largest absolute Gasteiger partial charge is 0.496 e. The van der Waals surface area contributed by atoms with Crippen LogP contribution in [0, 0.1) is 5.82 Å². The molecule has 7 heteroatoms. The standard InChI is InChI=1S/C22H17FO3S.C4H4OS/c1-27(24,25)19-12-8-16(9-13-19)22-20(15-6-10-18(23)11-7-15)14-17-4-2-3-5-21(17)26-22;6-4-1-2-5-3-4/h2-13H,14H2,1H3;1-2H,3H2. The summed E-state index contributed by atoms with van der Waals surface area (Å²) in [6.07, 6.45) is 5.22. The molecule has 0 radical (unpaired) electrons. The molecule has 3 aromatic carbocycles. The first-order valence-electron chi connectivity index (χ1n) is 10.2. The van der Waals surface area contributed by atoms with Gasteiger partial charge in [-0.25, -0.2) is 12.8 Å². The monoisotopic (exact) mass is 480 g/mol. The predicted octanol–water partition coefficient (Wildman–Crippen LogP) is 5.63. The van der Waals surface area contributed by atoms with Crippen molar-refractivity contribution in [2.75, 3.05) is 12.9 Å². The highest BCUT2D eigenvalue weighted by Gasteiger charge is 2.22. The summed E-state index contributed by atoms with van der Waals surface area (Å²) < 4.78 is 47.7. The number of allylic oxidation sites excluding steroid dienone is 1. The Morgan fingerprint density at radius 3 is 2.15 bits per heavy atom. The molecule has 0 saturated heterocycles. The predicted molar refractivity (Wildman–Crippen MR) is 131 cm³/mol. The highest BCUT2D eigenvalue weighted by atomic mass is 32.2. The van der Waals surface area contributed by atoms with Gasteiger partial charge in [0.25, 0.3) is 0 Å². The number of rotatable bonds is 3. The van der Waals surface area contributed by atoms with Crippen molar-refractivity contribution in [1.82, 2.24) is 0 Å².